The van der Waals surface area contributed by atoms with E-state index < -0.39 is 0 Å². The summed E-state index contributed by atoms with van der Waals surface area (Å²) in [6.07, 6.45) is 0.762. The molecule has 1 aromatic carbocycles. The molecule has 0 amide bonds. The maximum Gasteiger partial charge on any atom is 0.206 e. The Morgan fingerprint density at radius 2 is 1.72 bits per heavy atom. The third-order valence-corrected chi connectivity index (χ3v) is 2.44. The lowest BCUT2D eigenvalue weighted by molar-refractivity contribution is 0.0193. The molecule has 0 aliphatic carbocycles. The molecule has 0 saturated carbocycles. The summed E-state index contributed by atoms with van der Waals surface area (Å²) < 4.78 is 21.3. The highest BCUT2D eigenvalue weighted by Crippen LogP contribution is 2.38. The lowest BCUT2D eigenvalue weighted by Gasteiger charge is -2.15. The van der Waals surface area contributed by atoms with Gasteiger partial charge in [0.15, 0.2) is 18.3 Å². The summed E-state index contributed by atoms with van der Waals surface area (Å²) in [6.45, 7) is 3.24. The summed E-state index contributed by atoms with van der Waals surface area (Å²) in [5, 5.41) is 0. The lowest BCUT2D eigenvalue weighted by Crippen LogP contribution is -2.07. The molecule has 0 unspecified atom stereocenters. The summed E-state index contributed by atoms with van der Waals surface area (Å²) in [7, 11) is 3.18. The van der Waals surface area contributed by atoms with Crippen molar-refractivity contribution in [3.8, 4) is 17.2 Å². The Balaban J connectivity index is 2.97. The molecule has 0 aliphatic rings. The van der Waals surface area contributed by atoms with Gasteiger partial charge >= 0.3 is 0 Å². The van der Waals surface area contributed by atoms with E-state index in [4.69, 9.17) is 24.7 Å². The van der Waals surface area contributed by atoms with Gasteiger partial charge in [-0.3, -0.25) is 0 Å². The number of hydrogen-bond donors (Lipinski definition) is 1. The van der Waals surface area contributed by atoms with Crippen LogP contribution in [0.2, 0.25) is 0 Å². The van der Waals surface area contributed by atoms with Crippen LogP contribution in [0.5, 0.6) is 17.2 Å². The Hall–Kier alpha value is -1.46. The molecule has 0 atom stereocenters. The van der Waals surface area contributed by atoms with E-state index in [9.17, 15) is 0 Å². The van der Waals surface area contributed by atoms with Crippen LogP contribution in [0.25, 0.3) is 0 Å². The molecule has 5 heteroatoms. The summed E-state index contributed by atoms with van der Waals surface area (Å²) in [4.78, 5) is 0. The summed E-state index contributed by atoms with van der Waals surface area (Å²) in [5.41, 5.74) is 6.60. The van der Waals surface area contributed by atoms with Crippen molar-refractivity contribution in [2.75, 3.05) is 34.2 Å². The van der Waals surface area contributed by atoms with Crippen LogP contribution in [0, 0.1) is 0 Å². The highest BCUT2D eigenvalue weighted by atomic mass is 16.7. The molecule has 0 heterocycles. The van der Waals surface area contributed by atoms with E-state index in [1.807, 2.05) is 19.1 Å². The standard InChI is InChI=1S/C13H21NO4/c1-4-17-9-18-13-11(15-2)7-10(5-6-14)8-12(13)16-3/h7-8H,4-6,9,14H2,1-3H3. The maximum atomic E-state index is 5.55. The second-order valence-electron chi connectivity index (χ2n) is 3.62. The first-order chi connectivity index (χ1) is 8.76. The Bertz CT molecular complexity index is 343. The number of benzene rings is 1. The van der Waals surface area contributed by atoms with E-state index in [0.29, 0.717) is 30.4 Å². The summed E-state index contributed by atoms with van der Waals surface area (Å²) in [6, 6.07) is 3.80. The van der Waals surface area contributed by atoms with Crippen LogP contribution in [0.3, 0.4) is 0 Å². The van der Waals surface area contributed by atoms with Crippen molar-refractivity contribution < 1.29 is 18.9 Å². The molecular weight excluding hydrogens is 234 g/mol. The van der Waals surface area contributed by atoms with Crippen LogP contribution in [-0.2, 0) is 11.2 Å². The van der Waals surface area contributed by atoms with Gasteiger partial charge in [-0.05, 0) is 37.6 Å². The van der Waals surface area contributed by atoms with Gasteiger partial charge in [-0.1, -0.05) is 0 Å². The highest BCUT2D eigenvalue weighted by molar-refractivity contribution is 5.53. The molecule has 18 heavy (non-hydrogen) atoms. The first-order valence-electron chi connectivity index (χ1n) is 5.92. The molecule has 1 rings (SSSR count). The second-order valence-corrected chi connectivity index (χ2v) is 3.62. The van der Waals surface area contributed by atoms with E-state index >= 15 is 0 Å². The van der Waals surface area contributed by atoms with Crippen molar-refractivity contribution in [1.29, 1.82) is 0 Å². The van der Waals surface area contributed by atoms with Crippen molar-refractivity contribution in [2.45, 2.75) is 13.3 Å². The molecule has 5 nitrogen and oxygen atoms in total. The molecule has 0 bridgehead atoms. The predicted molar refractivity (Wildman–Crippen MR) is 69.4 cm³/mol. The van der Waals surface area contributed by atoms with Crippen molar-refractivity contribution in [1.82, 2.24) is 0 Å². The fraction of sp³-hybridized carbons (Fsp3) is 0.538. The average molecular weight is 255 g/mol. The minimum absolute atomic E-state index is 0.166. The van der Waals surface area contributed by atoms with Crippen LogP contribution in [0.15, 0.2) is 12.1 Å². The molecule has 2 N–H and O–H groups in total. The van der Waals surface area contributed by atoms with E-state index in [1.54, 1.807) is 14.2 Å². The zero-order chi connectivity index (χ0) is 13.4. The number of hydrogen-bond acceptors (Lipinski definition) is 5. The van der Waals surface area contributed by atoms with Crippen molar-refractivity contribution in [3.63, 3.8) is 0 Å². The fourth-order valence-electron chi connectivity index (χ4n) is 1.57. The van der Waals surface area contributed by atoms with Crippen LogP contribution in [0.1, 0.15) is 12.5 Å². The van der Waals surface area contributed by atoms with Crippen molar-refractivity contribution >= 4 is 0 Å². The van der Waals surface area contributed by atoms with Gasteiger partial charge in [0.2, 0.25) is 5.75 Å². The van der Waals surface area contributed by atoms with Crippen LogP contribution in [0.4, 0.5) is 0 Å². The monoisotopic (exact) mass is 255 g/mol. The van der Waals surface area contributed by atoms with Gasteiger partial charge < -0.3 is 24.7 Å². The predicted octanol–water partition coefficient (Wildman–Crippen LogP) is 1.58. The Kier molecular flexibility index (Phi) is 6.32. The minimum Gasteiger partial charge on any atom is -0.493 e. The zero-order valence-electron chi connectivity index (χ0n) is 11.2. The minimum atomic E-state index is 0.166. The van der Waals surface area contributed by atoms with E-state index in [-0.39, 0.29) is 6.79 Å². The van der Waals surface area contributed by atoms with E-state index in [2.05, 4.69) is 0 Å². The molecule has 0 spiro atoms. The van der Waals surface area contributed by atoms with Crippen LogP contribution < -0.4 is 19.9 Å². The third-order valence-electron chi connectivity index (χ3n) is 2.44. The van der Waals surface area contributed by atoms with Gasteiger partial charge in [-0.2, -0.15) is 0 Å². The van der Waals surface area contributed by atoms with Gasteiger partial charge in [0.05, 0.1) is 14.2 Å². The second kappa shape index (κ2) is 7.79. The molecule has 0 aliphatic heterocycles. The van der Waals surface area contributed by atoms with E-state index in [0.717, 1.165) is 12.0 Å². The molecular formula is C13H21NO4. The fourth-order valence-corrected chi connectivity index (χ4v) is 1.57. The van der Waals surface area contributed by atoms with Crippen molar-refractivity contribution in [2.24, 2.45) is 5.73 Å². The first kappa shape index (κ1) is 14.6. The smallest absolute Gasteiger partial charge is 0.206 e. The van der Waals surface area contributed by atoms with Gasteiger partial charge in [0.25, 0.3) is 0 Å². The molecule has 0 aromatic heterocycles. The maximum absolute atomic E-state index is 5.55. The molecule has 102 valence electrons. The number of methoxy groups -OCH3 is 2. The largest absolute Gasteiger partial charge is 0.493 e. The Labute approximate surface area is 108 Å². The molecule has 1 aromatic rings. The van der Waals surface area contributed by atoms with Gasteiger partial charge in [-0.15, -0.1) is 0 Å². The van der Waals surface area contributed by atoms with Crippen LogP contribution in [-0.4, -0.2) is 34.2 Å². The summed E-state index contributed by atoms with van der Waals surface area (Å²) >= 11 is 0. The molecule has 0 radical (unpaired) electrons. The zero-order valence-corrected chi connectivity index (χ0v) is 11.2. The number of nitrogens with two attached hydrogens (primary N) is 1. The Morgan fingerprint density at radius 1 is 1.11 bits per heavy atom. The SMILES string of the molecule is CCOCOc1c(OC)cc(CCN)cc1OC. The quantitative estimate of drug-likeness (QED) is 0.564. The number of ether oxygens (including phenoxy) is 4. The van der Waals surface area contributed by atoms with Crippen LogP contribution >= 0.6 is 0 Å². The average Bonchev–Trinajstić information content (AvgIpc) is 2.40. The number of rotatable bonds is 8. The topological polar surface area (TPSA) is 62.9 Å². The highest BCUT2D eigenvalue weighted by Gasteiger charge is 2.13. The van der Waals surface area contributed by atoms with Gasteiger partial charge in [0.1, 0.15) is 0 Å². The lowest BCUT2D eigenvalue weighted by atomic mass is 10.1. The molecule has 0 saturated heterocycles. The van der Waals surface area contributed by atoms with Gasteiger partial charge in [-0.25, -0.2) is 0 Å². The van der Waals surface area contributed by atoms with Crippen molar-refractivity contribution in [3.05, 3.63) is 17.7 Å². The van der Waals surface area contributed by atoms with Gasteiger partial charge in [0, 0.05) is 6.61 Å². The molecule has 0 fully saturated rings. The summed E-state index contributed by atoms with van der Waals surface area (Å²) in [5.74, 6) is 1.80. The Morgan fingerprint density at radius 3 is 2.17 bits per heavy atom. The first-order valence-corrected chi connectivity index (χ1v) is 5.92. The van der Waals surface area contributed by atoms with E-state index in [1.165, 1.54) is 0 Å². The normalized spacial score (nSPS) is 10.2. The third kappa shape index (κ3) is 3.78.